The van der Waals surface area contributed by atoms with E-state index < -0.39 is 6.04 Å². The van der Waals surface area contributed by atoms with Gasteiger partial charge in [0, 0.05) is 44.9 Å². The van der Waals surface area contributed by atoms with E-state index in [4.69, 9.17) is 0 Å². The number of hydrogen-bond acceptors (Lipinski definition) is 5. The monoisotopic (exact) mass is 381 g/mol. The van der Waals surface area contributed by atoms with E-state index in [1.807, 2.05) is 31.2 Å². The van der Waals surface area contributed by atoms with Gasteiger partial charge in [-0.2, -0.15) is 0 Å². The second kappa shape index (κ2) is 9.30. The van der Waals surface area contributed by atoms with Crippen molar-refractivity contribution >= 4 is 17.8 Å². The molecule has 7 heteroatoms. The Labute approximate surface area is 165 Å². The third-order valence-corrected chi connectivity index (χ3v) is 5.06. The highest BCUT2D eigenvalue weighted by Crippen LogP contribution is 2.16. The molecule has 0 aliphatic carbocycles. The lowest BCUT2D eigenvalue weighted by Gasteiger charge is -2.33. The molecule has 1 saturated heterocycles. The lowest BCUT2D eigenvalue weighted by Crippen LogP contribution is -2.52. The van der Waals surface area contributed by atoms with E-state index in [2.05, 4.69) is 25.5 Å². The summed E-state index contributed by atoms with van der Waals surface area (Å²) in [7, 11) is 0. The topological polar surface area (TPSA) is 87.2 Å². The van der Waals surface area contributed by atoms with Gasteiger partial charge in [-0.15, -0.1) is 0 Å². The van der Waals surface area contributed by atoms with Gasteiger partial charge in [-0.25, -0.2) is 9.97 Å². The summed E-state index contributed by atoms with van der Waals surface area (Å²) >= 11 is 0. The fourth-order valence-electron chi connectivity index (χ4n) is 3.49. The molecule has 148 valence electrons. The van der Waals surface area contributed by atoms with Crippen LogP contribution in [0.2, 0.25) is 0 Å². The molecule has 0 spiro atoms. The lowest BCUT2D eigenvalue weighted by molar-refractivity contribution is -0.128. The van der Waals surface area contributed by atoms with Crippen LogP contribution < -0.4 is 15.5 Å². The molecule has 2 aromatic rings. The largest absolute Gasteiger partial charge is 0.351 e. The van der Waals surface area contributed by atoms with Gasteiger partial charge >= 0.3 is 0 Å². The van der Waals surface area contributed by atoms with E-state index in [1.54, 1.807) is 18.5 Å². The number of rotatable bonds is 6. The predicted molar refractivity (Wildman–Crippen MR) is 108 cm³/mol. The molecule has 0 bridgehead atoms. The quantitative estimate of drug-likeness (QED) is 0.794. The first-order valence-electron chi connectivity index (χ1n) is 9.67. The van der Waals surface area contributed by atoms with Crippen molar-refractivity contribution < 1.29 is 9.59 Å². The molecule has 1 aliphatic heterocycles. The van der Waals surface area contributed by atoms with Gasteiger partial charge in [0.25, 0.3) is 0 Å². The number of aromatic nitrogens is 2. The molecule has 1 aromatic heterocycles. The van der Waals surface area contributed by atoms with Crippen LogP contribution in [0, 0.1) is 6.92 Å². The van der Waals surface area contributed by atoms with Gasteiger partial charge in [0.15, 0.2) is 0 Å². The van der Waals surface area contributed by atoms with Crippen LogP contribution in [-0.4, -0.2) is 47.0 Å². The molecule has 1 fully saturated rings. The molecule has 1 aliphatic rings. The van der Waals surface area contributed by atoms with E-state index in [-0.39, 0.29) is 17.9 Å². The Kier molecular flexibility index (Phi) is 6.57. The SMILES string of the molecule is CC(=O)NC(Cc1ccccc1C)C(=O)NC1CCN(c2ncccn2)CC1. The van der Waals surface area contributed by atoms with Gasteiger partial charge in [-0.05, 0) is 37.0 Å². The number of amides is 2. The van der Waals surface area contributed by atoms with Crippen molar-refractivity contribution in [1.82, 2.24) is 20.6 Å². The molecular formula is C21H27N5O2. The molecule has 28 heavy (non-hydrogen) atoms. The molecule has 0 radical (unpaired) electrons. The van der Waals surface area contributed by atoms with E-state index >= 15 is 0 Å². The van der Waals surface area contributed by atoms with E-state index in [0.29, 0.717) is 6.42 Å². The smallest absolute Gasteiger partial charge is 0.243 e. The molecule has 1 atom stereocenters. The van der Waals surface area contributed by atoms with Crippen LogP contribution in [0.3, 0.4) is 0 Å². The summed E-state index contributed by atoms with van der Waals surface area (Å²) in [5, 5.41) is 5.91. The summed E-state index contributed by atoms with van der Waals surface area (Å²) in [6.45, 7) is 5.03. The normalized spacial score (nSPS) is 15.7. The average molecular weight is 381 g/mol. The molecular weight excluding hydrogens is 354 g/mol. The zero-order valence-corrected chi connectivity index (χ0v) is 16.4. The molecule has 2 amide bonds. The maximum absolute atomic E-state index is 12.8. The summed E-state index contributed by atoms with van der Waals surface area (Å²) in [5.74, 6) is 0.389. The molecule has 0 saturated carbocycles. The lowest BCUT2D eigenvalue weighted by atomic mass is 9.99. The number of aryl methyl sites for hydroxylation is 1. The Morgan fingerprint density at radius 2 is 1.82 bits per heavy atom. The van der Waals surface area contributed by atoms with Crippen LogP contribution in [0.25, 0.3) is 0 Å². The fraction of sp³-hybridized carbons (Fsp3) is 0.429. The summed E-state index contributed by atoms with van der Waals surface area (Å²) in [6, 6.07) is 9.24. The number of nitrogens with zero attached hydrogens (tertiary/aromatic N) is 3. The Morgan fingerprint density at radius 1 is 1.14 bits per heavy atom. The van der Waals surface area contributed by atoms with Crippen molar-refractivity contribution in [3.8, 4) is 0 Å². The van der Waals surface area contributed by atoms with Gasteiger partial charge in [-0.1, -0.05) is 24.3 Å². The van der Waals surface area contributed by atoms with Crippen molar-refractivity contribution in [3.63, 3.8) is 0 Å². The standard InChI is InChI=1S/C21H27N5O2/c1-15-6-3-4-7-17(15)14-19(24-16(2)27)20(28)25-18-8-12-26(13-9-18)21-22-10-5-11-23-21/h3-7,10-11,18-19H,8-9,12-14H2,1-2H3,(H,24,27)(H,25,28). The Balaban J connectivity index is 1.58. The summed E-state index contributed by atoms with van der Waals surface area (Å²) in [4.78, 5) is 35.2. The van der Waals surface area contributed by atoms with E-state index in [9.17, 15) is 9.59 Å². The van der Waals surface area contributed by atoms with Crippen molar-refractivity contribution in [3.05, 3.63) is 53.9 Å². The van der Waals surface area contributed by atoms with Crippen LogP contribution in [0.15, 0.2) is 42.7 Å². The number of benzene rings is 1. The number of anilines is 1. The van der Waals surface area contributed by atoms with Crippen molar-refractivity contribution in [2.45, 2.75) is 45.2 Å². The first kappa shape index (κ1) is 19.8. The first-order chi connectivity index (χ1) is 13.5. The third kappa shape index (κ3) is 5.28. The molecule has 2 heterocycles. The maximum atomic E-state index is 12.8. The number of piperidine rings is 1. The minimum Gasteiger partial charge on any atom is -0.351 e. The van der Waals surface area contributed by atoms with E-state index in [1.165, 1.54) is 6.92 Å². The van der Waals surface area contributed by atoms with Gasteiger partial charge in [0.2, 0.25) is 17.8 Å². The van der Waals surface area contributed by atoms with Gasteiger partial charge < -0.3 is 15.5 Å². The number of nitrogens with one attached hydrogen (secondary N) is 2. The maximum Gasteiger partial charge on any atom is 0.243 e. The second-order valence-corrected chi connectivity index (χ2v) is 7.20. The summed E-state index contributed by atoms with van der Waals surface area (Å²) in [6.07, 6.45) is 5.59. The van der Waals surface area contributed by atoms with Crippen LogP contribution in [0.5, 0.6) is 0 Å². The zero-order chi connectivity index (χ0) is 19.9. The molecule has 1 aromatic carbocycles. The average Bonchev–Trinajstić information content (AvgIpc) is 2.70. The first-order valence-corrected chi connectivity index (χ1v) is 9.67. The predicted octanol–water partition coefficient (Wildman–Crippen LogP) is 1.62. The van der Waals surface area contributed by atoms with Gasteiger partial charge in [0.1, 0.15) is 6.04 Å². The highest BCUT2D eigenvalue weighted by Gasteiger charge is 2.26. The minimum atomic E-state index is -0.575. The second-order valence-electron chi connectivity index (χ2n) is 7.20. The zero-order valence-electron chi connectivity index (χ0n) is 16.4. The van der Waals surface area contributed by atoms with Crippen LogP contribution in [0.4, 0.5) is 5.95 Å². The number of hydrogen-bond donors (Lipinski definition) is 2. The third-order valence-electron chi connectivity index (χ3n) is 5.06. The Bertz CT molecular complexity index is 803. The van der Waals surface area contributed by atoms with Crippen LogP contribution >= 0.6 is 0 Å². The molecule has 1 unspecified atom stereocenters. The summed E-state index contributed by atoms with van der Waals surface area (Å²) < 4.78 is 0. The van der Waals surface area contributed by atoms with Gasteiger partial charge in [-0.3, -0.25) is 9.59 Å². The molecule has 2 N–H and O–H groups in total. The van der Waals surface area contributed by atoms with E-state index in [0.717, 1.165) is 43.0 Å². The molecule has 3 rings (SSSR count). The van der Waals surface area contributed by atoms with Crippen molar-refractivity contribution in [1.29, 1.82) is 0 Å². The van der Waals surface area contributed by atoms with Gasteiger partial charge in [0.05, 0.1) is 0 Å². The summed E-state index contributed by atoms with van der Waals surface area (Å²) in [5.41, 5.74) is 2.18. The van der Waals surface area contributed by atoms with Crippen LogP contribution in [-0.2, 0) is 16.0 Å². The van der Waals surface area contributed by atoms with Crippen molar-refractivity contribution in [2.75, 3.05) is 18.0 Å². The fourth-order valence-corrected chi connectivity index (χ4v) is 3.49. The number of carbonyl (C=O) groups excluding carboxylic acids is 2. The Hall–Kier alpha value is -2.96. The van der Waals surface area contributed by atoms with Crippen molar-refractivity contribution in [2.24, 2.45) is 0 Å². The highest BCUT2D eigenvalue weighted by molar-refractivity contribution is 5.87. The van der Waals surface area contributed by atoms with Crippen LogP contribution in [0.1, 0.15) is 30.9 Å². The number of carbonyl (C=O) groups is 2. The Morgan fingerprint density at radius 3 is 2.46 bits per heavy atom. The minimum absolute atomic E-state index is 0.0839. The highest BCUT2D eigenvalue weighted by atomic mass is 16.2. The molecule has 7 nitrogen and oxygen atoms in total.